The van der Waals surface area contributed by atoms with Gasteiger partial charge < -0.3 is 9.47 Å². The highest BCUT2D eigenvalue weighted by Crippen LogP contribution is 2.34. The van der Waals surface area contributed by atoms with E-state index in [0.717, 1.165) is 42.4 Å². The average Bonchev–Trinajstić information content (AvgIpc) is 2.97. The Morgan fingerprint density at radius 3 is 2.00 bits per heavy atom. The van der Waals surface area contributed by atoms with Crippen LogP contribution in [0.15, 0.2) is 42.5 Å². The summed E-state index contributed by atoms with van der Waals surface area (Å²) >= 11 is 0. The van der Waals surface area contributed by atoms with Crippen LogP contribution in [-0.4, -0.2) is 12.6 Å². The van der Waals surface area contributed by atoms with Crippen LogP contribution in [0.4, 0.5) is 4.39 Å². The Morgan fingerprint density at radius 1 is 0.750 bits per heavy atom. The van der Waals surface area contributed by atoms with E-state index in [-0.39, 0.29) is 5.75 Å². The Balaban J connectivity index is 1.32. The fourth-order valence-electron chi connectivity index (χ4n) is 5.97. The van der Waals surface area contributed by atoms with Gasteiger partial charge in [-0.2, -0.15) is 0 Å². The lowest BCUT2D eigenvalue weighted by atomic mass is 9.78. The molecule has 1 aliphatic carbocycles. The van der Waals surface area contributed by atoms with Crippen LogP contribution in [0.25, 0.3) is 0 Å². The van der Waals surface area contributed by atoms with Gasteiger partial charge >= 0.3 is 5.97 Å². The third kappa shape index (κ3) is 12.0. The van der Waals surface area contributed by atoms with Gasteiger partial charge in [0.15, 0.2) is 11.6 Å². The third-order valence-electron chi connectivity index (χ3n) is 8.57. The zero-order valence-corrected chi connectivity index (χ0v) is 25.2. The maximum Gasteiger partial charge on any atom is 0.343 e. The smallest absolute Gasteiger partial charge is 0.343 e. The highest BCUT2D eigenvalue weighted by molar-refractivity contribution is 5.91. The Labute approximate surface area is 243 Å². The van der Waals surface area contributed by atoms with Crippen molar-refractivity contribution in [2.75, 3.05) is 6.61 Å². The fourth-order valence-corrected chi connectivity index (χ4v) is 5.97. The summed E-state index contributed by atoms with van der Waals surface area (Å²) < 4.78 is 25.9. The molecule has 0 saturated heterocycles. The van der Waals surface area contributed by atoms with Gasteiger partial charge in [0.2, 0.25) is 0 Å². The lowest BCUT2D eigenvalue weighted by Crippen LogP contribution is -2.15. The predicted molar refractivity (Wildman–Crippen MR) is 164 cm³/mol. The molecule has 0 aliphatic heterocycles. The summed E-state index contributed by atoms with van der Waals surface area (Å²) in [5.74, 6) is 1.48. The molecule has 2 aromatic rings. The number of hydrogen-bond acceptors (Lipinski definition) is 3. The van der Waals surface area contributed by atoms with Gasteiger partial charge in [-0.05, 0) is 79.5 Å². The van der Waals surface area contributed by atoms with Gasteiger partial charge in [0.1, 0.15) is 5.75 Å². The minimum Gasteiger partial charge on any atom is -0.494 e. The van der Waals surface area contributed by atoms with Crippen molar-refractivity contribution in [3.63, 3.8) is 0 Å². The van der Waals surface area contributed by atoms with Gasteiger partial charge in [0.25, 0.3) is 0 Å². The lowest BCUT2D eigenvalue weighted by molar-refractivity contribution is 0.0727. The first-order valence-corrected chi connectivity index (χ1v) is 16.3. The summed E-state index contributed by atoms with van der Waals surface area (Å²) in [4.78, 5) is 12.6. The molecule has 3 nitrogen and oxygen atoms in total. The first-order chi connectivity index (χ1) is 19.6. The van der Waals surface area contributed by atoms with Crippen LogP contribution in [-0.2, 0) is 6.42 Å². The average molecular weight is 553 g/mol. The molecular formula is C36H53FO3. The lowest BCUT2D eigenvalue weighted by Gasteiger charge is -2.28. The molecule has 0 atom stereocenters. The molecule has 4 heteroatoms. The van der Waals surface area contributed by atoms with Crippen LogP contribution >= 0.6 is 0 Å². The van der Waals surface area contributed by atoms with E-state index >= 15 is 0 Å². The molecular weight excluding hydrogens is 499 g/mol. The second-order valence-electron chi connectivity index (χ2n) is 11.9. The minimum absolute atomic E-state index is 0.0244. The van der Waals surface area contributed by atoms with Crippen molar-refractivity contribution in [3.8, 4) is 11.5 Å². The van der Waals surface area contributed by atoms with Crippen molar-refractivity contribution < 1.29 is 18.7 Å². The molecule has 0 radical (unpaired) electrons. The molecule has 222 valence electrons. The number of rotatable bonds is 19. The normalized spacial score (nSPS) is 17.1. The third-order valence-corrected chi connectivity index (χ3v) is 8.57. The van der Waals surface area contributed by atoms with Crippen molar-refractivity contribution >= 4 is 5.97 Å². The van der Waals surface area contributed by atoms with E-state index in [2.05, 4.69) is 13.8 Å². The molecule has 1 fully saturated rings. The van der Waals surface area contributed by atoms with E-state index < -0.39 is 11.8 Å². The van der Waals surface area contributed by atoms with Gasteiger partial charge in [0.05, 0.1) is 12.2 Å². The van der Waals surface area contributed by atoms with Gasteiger partial charge in [-0.25, -0.2) is 9.18 Å². The van der Waals surface area contributed by atoms with Crippen LogP contribution in [0.5, 0.6) is 11.5 Å². The van der Waals surface area contributed by atoms with Crippen molar-refractivity contribution in [1.29, 1.82) is 0 Å². The minimum atomic E-state index is -0.560. The molecule has 0 bridgehead atoms. The second kappa shape index (κ2) is 18.9. The summed E-state index contributed by atoms with van der Waals surface area (Å²) in [6.45, 7) is 5.20. The number of carbonyl (C=O) groups excluding carboxylic acids is 1. The predicted octanol–water partition coefficient (Wildman–Crippen LogP) is 10.9. The quantitative estimate of drug-likeness (QED) is 0.0987. The van der Waals surface area contributed by atoms with E-state index in [1.54, 1.807) is 30.3 Å². The van der Waals surface area contributed by atoms with Gasteiger partial charge in [-0.3, -0.25) is 0 Å². The number of unbranched alkanes of at least 4 members (excludes halogenated alkanes) is 8. The molecule has 0 N–H and O–H groups in total. The van der Waals surface area contributed by atoms with Crippen molar-refractivity contribution in [3.05, 3.63) is 59.4 Å². The number of benzene rings is 2. The molecule has 3 rings (SSSR count). The molecule has 0 spiro atoms. The van der Waals surface area contributed by atoms with Gasteiger partial charge in [0, 0.05) is 0 Å². The van der Waals surface area contributed by atoms with Crippen LogP contribution in [0.2, 0.25) is 0 Å². The van der Waals surface area contributed by atoms with Crippen LogP contribution in [0.3, 0.4) is 0 Å². The van der Waals surface area contributed by atoms with Crippen LogP contribution in [0.1, 0.15) is 139 Å². The Morgan fingerprint density at radius 2 is 1.35 bits per heavy atom. The number of ether oxygens (including phenoxy) is 2. The molecule has 0 amide bonds. The summed E-state index contributed by atoms with van der Waals surface area (Å²) in [5, 5.41) is 0. The fraction of sp³-hybridized carbons (Fsp3) is 0.639. The molecule has 0 heterocycles. The zero-order chi connectivity index (χ0) is 28.4. The number of aryl methyl sites for hydroxylation is 1. The highest BCUT2D eigenvalue weighted by atomic mass is 19.1. The topological polar surface area (TPSA) is 35.5 Å². The first kappa shape index (κ1) is 32.2. The molecule has 0 unspecified atom stereocenters. The van der Waals surface area contributed by atoms with Gasteiger partial charge in [-0.15, -0.1) is 0 Å². The summed E-state index contributed by atoms with van der Waals surface area (Å²) in [6, 6.07) is 11.9. The van der Waals surface area contributed by atoms with E-state index in [4.69, 9.17) is 9.47 Å². The summed E-state index contributed by atoms with van der Waals surface area (Å²) in [6.07, 6.45) is 22.8. The maximum atomic E-state index is 14.6. The van der Waals surface area contributed by atoms with E-state index in [1.807, 2.05) is 6.07 Å². The zero-order valence-electron chi connectivity index (χ0n) is 25.2. The number of halogens is 1. The number of hydrogen-bond donors (Lipinski definition) is 0. The van der Waals surface area contributed by atoms with E-state index in [0.29, 0.717) is 12.2 Å². The first-order valence-electron chi connectivity index (χ1n) is 16.3. The maximum absolute atomic E-state index is 14.6. The van der Waals surface area contributed by atoms with Crippen molar-refractivity contribution in [2.24, 2.45) is 11.8 Å². The van der Waals surface area contributed by atoms with Crippen LogP contribution in [0, 0.1) is 17.7 Å². The second-order valence-corrected chi connectivity index (χ2v) is 11.9. The molecule has 0 aromatic heterocycles. The van der Waals surface area contributed by atoms with Gasteiger partial charge in [-0.1, -0.05) is 110 Å². The van der Waals surface area contributed by atoms with Crippen LogP contribution < -0.4 is 9.47 Å². The monoisotopic (exact) mass is 552 g/mol. The number of esters is 1. The Bertz CT molecular complexity index is 963. The number of carbonyl (C=O) groups is 1. The summed E-state index contributed by atoms with van der Waals surface area (Å²) in [5.41, 5.74) is 1.33. The standard InChI is InChI=1S/C36H53FO3/c1-3-5-7-8-9-10-12-15-31-21-26-35(34(37)28-31)40-36(38)32-22-24-33(25-23-32)39-27-13-16-30-19-17-29(18-20-30)14-11-6-4-2/h21-26,28-30H,3-20,27H2,1-2H3/t29-,30-. The largest absolute Gasteiger partial charge is 0.494 e. The molecule has 1 aliphatic rings. The molecule has 2 aromatic carbocycles. The molecule has 40 heavy (non-hydrogen) atoms. The summed E-state index contributed by atoms with van der Waals surface area (Å²) in [7, 11) is 0. The molecule has 1 saturated carbocycles. The van der Waals surface area contributed by atoms with Crippen molar-refractivity contribution in [2.45, 2.75) is 129 Å². The van der Waals surface area contributed by atoms with E-state index in [9.17, 15) is 9.18 Å². The Hall–Kier alpha value is -2.36. The van der Waals surface area contributed by atoms with Crippen molar-refractivity contribution in [1.82, 2.24) is 0 Å². The SMILES string of the molecule is CCCCCCCCCc1ccc(OC(=O)c2ccc(OCCC[C@H]3CC[C@H](CCCCC)CC3)cc2)c(F)c1. The highest BCUT2D eigenvalue weighted by Gasteiger charge is 2.20. The van der Waals surface area contributed by atoms with E-state index in [1.165, 1.54) is 102 Å². The Kier molecular flexibility index (Phi) is 15.2.